The lowest BCUT2D eigenvalue weighted by Gasteiger charge is -2.32. The van der Waals surface area contributed by atoms with Gasteiger partial charge in [0.1, 0.15) is 0 Å². The van der Waals surface area contributed by atoms with Crippen LogP contribution < -0.4 is 5.32 Å². The van der Waals surface area contributed by atoms with Gasteiger partial charge in [0.05, 0.1) is 17.5 Å². The molecule has 0 aromatic heterocycles. The zero-order valence-corrected chi connectivity index (χ0v) is 18.5. The molecular formula is C17H17F5INO6S. The van der Waals surface area contributed by atoms with E-state index in [-0.39, 0.29) is 12.8 Å². The van der Waals surface area contributed by atoms with Gasteiger partial charge in [-0.2, -0.15) is 30.4 Å². The molecule has 3 unspecified atom stereocenters. The summed E-state index contributed by atoms with van der Waals surface area (Å²) in [6.07, 6.45) is -9.69. The van der Waals surface area contributed by atoms with E-state index in [1.165, 1.54) is 0 Å². The normalized spacial score (nSPS) is 21.3. The van der Waals surface area contributed by atoms with Crippen LogP contribution in [0.25, 0.3) is 0 Å². The Morgan fingerprint density at radius 1 is 1.10 bits per heavy atom. The number of rotatable bonds is 6. The molecule has 0 aliphatic heterocycles. The largest absolute Gasteiger partial charge is 0.444 e. The Kier molecular flexibility index (Phi) is 7.90. The van der Waals surface area contributed by atoms with Crippen LogP contribution in [0.5, 0.6) is 0 Å². The van der Waals surface area contributed by atoms with Crippen molar-refractivity contribution in [2.45, 2.75) is 43.2 Å². The lowest BCUT2D eigenvalue weighted by molar-refractivity contribution is -0.261. The molecule has 0 radical (unpaired) electrons. The summed E-state index contributed by atoms with van der Waals surface area (Å²) in [5.41, 5.74) is 0.386. The maximum Gasteiger partial charge on any atom is 0.432 e. The fourth-order valence-electron chi connectivity index (χ4n) is 3.18. The second-order valence-electron chi connectivity index (χ2n) is 6.86. The summed E-state index contributed by atoms with van der Waals surface area (Å²) in [6, 6.07) is 6.55. The maximum absolute atomic E-state index is 13.7. The number of hydrogen-bond donors (Lipinski definition) is 2. The number of hydrogen-bond acceptors (Lipinski definition) is 5. The van der Waals surface area contributed by atoms with E-state index in [1.54, 1.807) is 24.3 Å². The van der Waals surface area contributed by atoms with Crippen molar-refractivity contribution in [3.05, 3.63) is 27.8 Å². The van der Waals surface area contributed by atoms with E-state index in [0.29, 0.717) is 22.1 Å². The summed E-state index contributed by atoms with van der Waals surface area (Å²) in [5, 5.41) is -3.28. The number of carbonyl (C=O) groups is 2. The lowest BCUT2D eigenvalue weighted by Crippen LogP contribution is -2.53. The van der Waals surface area contributed by atoms with Crippen molar-refractivity contribution in [3.8, 4) is 0 Å². The zero-order chi connectivity index (χ0) is 23.6. The minimum Gasteiger partial charge on any atom is -0.444 e. The molecule has 3 atom stereocenters. The van der Waals surface area contributed by atoms with Gasteiger partial charge in [0.2, 0.25) is 5.91 Å². The quantitative estimate of drug-likeness (QED) is 0.226. The number of nitrogens with one attached hydrogen (secondary N) is 1. The van der Waals surface area contributed by atoms with Crippen LogP contribution in [0.2, 0.25) is 0 Å². The average Bonchev–Trinajstić information content (AvgIpc) is 2.65. The van der Waals surface area contributed by atoms with Gasteiger partial charge in [0.15, 0.2) is 0 Å². The van der Waals surface area contributed by atoms with E-state index in [2.05, 4.69) is 10.1 Å². The molecule has 0 bridgehead atoms. The first kappa shape index (κ1) is 25.7. The molecule has 0 saturated heterocycles. The van der Waals surface area contributed by atoms with Gasteiger partial charge in [0, 0.05) is 3.57 Å². The first-order valence-corrected chi connectivity index (χ1v) is 11.4. The van der Waals surface area contributed by atoms with Gasteiger partial charge >= 0.3 is 27.5 Å². The van der Waals surface area contributed by atoms with Crippen LogP contribution in [0, 0.1) is 15.4 Å². The monoisotopic (exact) mass is 585 g/mol. The van der Waals surface area contributed by atoms with Crippen molar-refractivity contribution >= 4 is 50.3 Å². The van der Waals surface area contributed by atoms with Crippen molar-refractivity contribution in [2.24, 2.45) is 11.8 Å². The number of benzene rings is 1. The van der Waals surface area contributed by atoms with Gasteiger partial charge in [-0.15, -0.1) is 0 Å². The van der Waals surface area contributed by atoms with E-state index in [1.807, 2.05) is 22.6 Å². The SMILES string of the molecule is O=C(Nc1ccccc1I)C1CCCCC1C(=O)OC(C(F)(F)F)C(F)(F)S(=O)(=O)O. The first-order chi connectivity index (χ1) is 14.2. The Labute approximate surface area is 187 Å². The fourth-order valence-corrected chi connectivity index (χ4v) is 4.15. The molecule has 174 valence electrons. The van der Waals surface area contributed by atoms with Crippen molar-refractivity contribution < 1.29 is 49.2 Å². The van der Waals surface area contributed by atoms with Crippen LogP contribution in [0.1, 0.15) is 25.7 Å². The van der Waals surface area contributed by atoms with Gasteiger partial charge in [-0.05, 0) is 47.6 Å². The van der Waals surface area contributed by atoms with Crippen molar-refractivity contribution in [1.29, 1.82) is 0 Å². The number of carbonyl (C=O) groups excluding carboxylic acids is 2. The molecule has 7 nitrogen and oxygen atoms in total. The summed E-state index contributed by atoms with van der Waals surface area (Å²) >= 11 is 1.93. The van der Waals surface area contributed by atoms with Gasteiger partial charge in [0.25, 0.3) is 6.10 Å². The van der Waals surface area contributed by atoms with E-state index in [4.69, 9.17) is 4.55 Å². The summed E-state index contributed by atoms with van der Waals surface area (Å²) in [5.74, 6) is -5.19. The van der Waals surface area contributed by atoms with Gasteiger partial charge < -0.3 is 10.1 Å². The Morgan fingerprint density at radius 3 is 2.16 bits per heavy atom. The Balaban J connectivity index is 2.26. The highest BCUT2D eigenvalue weighted by Crippen LogP contribution is 2.40. The highest BCUT2D eigenvalue weighted by molar-refractivity contribution is 14.1. The number of esters is 1. The highest BCUT2D eigenvalue weighted by Gasteiger charge is 2.66. The molecule has 1 aliphatic rings. The Morgan fingerprint density at radius 2 is 1.65 bits per heavy atom. The first-order valence-electron chi connectivity index (χ1n) is 8.83. The zero-order valence-electron chi connectivity index (χ0n) is 15.5. The fraction of sp³-hybridized carbons (Fsp3) is 0.529. The van der Waals surface area contributed by atoms with Crippen LogP contribution in [0.3, 0.4) is 0 Å². The number of para-hydroxylation sites is 1. The molecular weight excluding hydrogens is 568 g/mol. The summed E-state index contributed by atoms with van der Waals surface area (Å²) in [6.45, 7) is 0. The standard InChI is InChI=1S/C17H17F5INO6S/c18-16(19,20)15(17(21,22)31(27,28)29)30-14(26)10-6-2-1-5-9(10)13(25)24-12-8-4-3-7-11(12)23/h3-4,7-10,15H,1-2,5-6H2,(H,24,25)(H,27,28,29). The van der Waals surface area contributed by atoms with Crippen molar-refractivity contribution in [3.63, 3.8) is 0 Å². The minimum absolute atomic E-state index is 0.0837. The third-order valence-corrected chi connectivity index (χ3v) is 6.56. The van der Waals surface area contributed by atoms with Crippen LogP contribution in [0.4, 0.5) is 27.6 Å². The molecule has 1 aromatic rings. The molecule has 1 fully saturated rings. The molecule has 31 heavy (non-hydrogen) atoms. The number of anilines is 1. The summed E-state index contributed by atoms with van der Waals surface area (Å²) < 4.78 is 101. The van der Waals surface area contributed by atoms with Crippen LogP contribution >= 0.6 is 22.6 Å². The average molecular weight is 585 g/mol. The molecule has 2 N–H and O–H groups in total. The second kappa shape index (κ2) is 9.52. The van der Waals surface area contributed by atoms with Crippen molar-refractivity contribution in [1.82, 2.24) is 0 Å². The summed E-state index contributed by atoms with van der Waals surface area (Å²) in [7, 11) is -6.55. The van der Waals surface area contributed by atoms with E-state index in [9.17, 15) is 40.0 Å². The Hall–Kier alpha value is -1.55. The number of ether oxygens (including phenoxy) is 1. The summed E-state index contributed by atoms with van der Waals surface area (Å²) in [4.78, 5) is 25.0. The highest BCUT2D eigenvalue weighted by atomic mass is 127. The van der Waals surface area contributed by atoms with Gasteiger partial charge in [-0.1, -0.05) is 25.0 Å². The van der Waals surface area contributed by atoms with Crippen LogP contribution in [-0.4, -0.2) is 42.4 Å². The molecule has 0 heterocycles. The molecule has 1 amide bonds. The van der Waals surface area contributed by atoms with Gasteiger partial charge in [-0.3, -0.25) is 14.1 Å². The maximum atomic E-state index is 13.7. The molecule has 1 aromatic carbocycles. The predicted molar refractivity (Wildman–Crippen MR) is 106 cm³/mol. The van der Waals surface area contributed by atoms with E-state index < -0.39 is 51.4 Å². The smallest absolute Gasteiger partial charge is 0.432 e. The predicted octanol–water partition coefficient (Wildman–Crippen LogP) is 3.99. The second-order valence-corrected chi connectivity index (χ2v) is 9.52. The molecule has 14 heteroatoms. The van der Waals surface area contributed by atoms with Crippen LogP contribution in [-0.2, 0) is 24.4 Å². The van der Waals surface area contributed by atoms with E-state index >= 15 is 0 Å². The molecule has 1 aliphatic carbocycles. The lowest BCUT2D eigenvalue weighted by atomic mass is 9.78. The topological polar surface area (TPSA) is 110 Å². The van der Waals surface area contributed by atoms with Gasteiger partial charge in [-0.25, -0.2) is 0 Å². The molecule has 1 saturated carbocycles. The Bertz CT molecular complexity index is 939. The molecule has 0 spiro atoms. The van der Waals surface area contributed by atoms with E-state index in [0.717, 1.165) is 0 Å². The molecule has 2 rings (SSSR count). The third-order valence-electron chi connectivity index (χ3n) is 4.72. The van der Waals surface area contributed by atoms with Crippen molar-refractivity contribution in [2.75, 3.05) is 5.32 Å². The minimum atomic E-state index is -6.55. The number of amides is 1. The number of halogens is 6. The third kappa shape index (κ3) is 6.03. The number of alkyl halides is 5. The van der Waals surface area contributed by atoms with Crippen LogP contribution in [0.15, 0.2) is 24.3 Å².